The molecule has 7 nitrogen and oxygen atoms in total. The van der Waals surface area contributed by atoms with Crippen LogP contribution in [0.1, 0.15) is 6.92 Å². The fourth-order valence-corrected chi connectivity index (χ4v) is 1.99. The molecule has 112 valence electrons. The van der Waals surface area contributed by atoms with Gasteiger partial charge in [0.15, 0.2) is 6.61 Å². The van der Waals surface area contributed by atoms with E-state index in [2.05, 4.69) is 15.1 Å². The SMILES string of the molecule is CCOC(=O)COc1ncnc2onc(-c3ccccc3)c12. The Labute approximate surface area is 125 Å². The molecule has 1 aromatic carbocycles. The van der Waals surface area contributed by atoms with Crippen LogP contribution in [0.25, 0.3) is 22.4 Å². The largest absolute Gasteiger partial charge is 0.465 e. The van der Waals surface area contributed by atoms with Crippen molar-refractivity contribution < 1.29 is 18.8 Å². The van der Waals surface area contributed by atoms with E-state index in [1.807, 2.05) is 30.3 Å². The summed E-state index contributed by atoms with van der Waals surface area (Å²) >= 11 is 0. The molecule has 0 radical (unpaired) electrons. The molecule has 0 spiro atoms. The van der Waals surface area contributed by atoms with Gasteiger partial charge in [-0.05, 0) is 6.92 Å². The van der Waals surface area contributed by atoms with E-state index in [0.717, 1.165) is 5.56 Å². The average Bonchev–Trinajstić information content (AvgIpc) is 2.99. The summed E-state index contributed by atoms with van der Waals surface area (Å²) in [6.07, 6.45) is 1.29. The van der Waals surface area contributed by atoms with Crippen LogP contribution in [-0.4, -0.2) is 34.3 Å². The topological polar surface area (TPSA) is 87.3 Å². The lowest BCUT2D eigenvalue weighted by molar-refractivity contribution is -0.145. The molecule has 22 heavy (non-hydrogen) atoms. The minimum Gasteiger partial charge on any atom is -0.465 e. The van der Waals surface area contributed by atoms with Gasteiger partial charge in [-0.1, -0.05) is 35.5 Å². The molecular weight excluding hydrogens is 286 g/mol. The van der Waals surface area contributed by atoms with Crippen LogP contribution in [0.5, 0.6) is 5.88 Å². The lowest BCUT2D eigenvalue weighted by atomic mass is 10.1. The molecule has 7 heteroatoms. The van der Waals surface area contributed by atoms with Crippen molar-refractivity contribution in [2.75, 3.05) is 13.2 Å². The smallest absolute Gasteiger partial charge is 0.344 e. The highest BCUT2D eigenvalue weighted by Crippen LogP contribution is 2.32. The van der Waals surface area contributed by atoms with Crippen LogP contribution < -0.4 is 4.74 Å². The highest BCUT2D eigenvalue weighted by molar-refractivity contribution is 5.93. The Kier molecular flexibility index (Phi) is 3.95. The molecular formula is C15H13N3O4. The Morgan fingerprint density at radius 1 is 1.23 bits per heavy atom. The van der Waals surface area contributed by atoms with Crippen molar-refractivity contribution >= 4 is 17.1 Å². The molecule has 0 fully saturated rings. The Balaban J connectivity index is 1.97. The van der Waals surface area contributed by atoms with Crippen LogP contribution in [0.15, 0.2) is 41.2 Å². The monoisotopic (exact) mass is 299 g/mol. The van der Waals surface area contributed by atoms with E-state index < -0.39 is 5.97 Å². The quantitative estimate of drug-likeness (QED) is 0.667. The van der Waals surface area contributed by atoms with Crippen LogP contribution in [0.3, 0.4) is 0 Å². The van der Waals surface area contributed by atoms with E-state index in [0.29, 0.717) is 23.4 Å². The molecule has 0 N–H and O–H groups in total. The van der Waals surface area contributed by atoms with Gasteiger partial charge in [0.05, 0.1) is 6.61 Å². The molecule has 0 atom stereocenters. The van der Waals surface area contributed by atoms with Crippen molar-refractivity contribution in [2.24, 2.45) is 0 Å². The third-order valence-corrected chi connectivity index (χ3v) is 2.92. The van der Waals surface area contributed by atoms with Gasteiger partial charge in [0, 0.05) is 5.56 Å². The van der Waals surface area contributed by atoms with Crippen LogP contribution in [0.4, 0.5) is 0 Å². The van der Waals surface area contributed by atoms with Crippen molar-refractivity contribution in [3.05, 3.63) is 36.7 Å². The van der Waals surface area contributed by atoms with E-state index in [1.54, 1.807) is 6.92 Å². The van der Waals surface area contributed by atoms with Crippen LogP contribution in [-0.2, 0) is 9.53 Å². The summed E-state index contributed by atoms with van der Waals surface area (Å²) in [6.45, 7) is 1.79. The molecule has 0 aliphatic carbocycles. The second kappa shape index (κ2) is 6.21. The number of carbonyl (C=O) groups is 1. The first-order valence-electron chi connectivity index (χ1n) is 6.73. The maximum Gasteiger partial charge on any atom is 0.344 e. The standard InChI is InChI=1S/C15H13N3O4/c1-2-20-11(19)8-21-14-12-13(10-6-4-3-5-7-10)18-22-15(12)17-9-16-14/h3-7,9H,2,8H2,1H3. The van der Waals surface area contributed by atoms with Crippen molar-refractivity contribution in [3.8, 4) is 17.1 Å². The van der Waals surface area contributed by atoms with Gasteiger partial charge in [-0.25, -0.2) is 9.78 Å². The number of rotatable bonds is 5. The number of benzene rings is 1. The van der Waals surface area contributed by atoms with E-state index in [4.69, 9.17) is 14.0 Å². The molecule has 3 aromatic rings. The second-order valence-corrected chi connectivity index (χ2v) is 4.35. The Bertz CT molecular complexity index is 786. The van der Waals surface area contributed by atoms with Crippen molar-refractivity contribution in [3.63, 3.8) is 0 Å². The first kappa shape index (κ1) is 14.0. The zero-order valence-corrected chi connectivity index (χ0v) is 11.9. The average molecular weight is 299 g/mol. The maximum atomic E-state index is 11.4. The van der Waals surface area contributed by atoms with Gasteiger partial charge in [-0.2, -0.15) is 4.98 Å². The summed E-state index contributed by atoms with van der Waals surface area (Å²) < 4.78 is 15.5. The Hall–Kier alpha value is -2.96. The molecule has 0 aliphatic heterocycles. The van der Waals surface area contributed by atoms with Crippen molar-refractivity contribution in [2.45, 2.75) is 6.92 Å². The predicted molar refractivity (Wildman–Crippen MR) is 77.2 cm³/mol. The number of aromatic nitrogens is 3. The summed E-state index contributed by atoms with van der Waals surface area (Å²) in [4.78, 5) is 19.5. The van der Waals surface area contributed by atoms with Crippen LogP contribution in [0.2, 0.25) is 0 Å². The first-order valence-corrected chi connectivity index (χ1v) is 6.73. The van der Waals surface area contributed by atoms with Crippen molar-refractivity contribution in [1.29, 1.82) is 0 Å². The van der Waals surface area contributed by atoms with Gasteiger partial charge < -0.3 is 14.0 Å². The summed E-state index contributed by atoms with van der Waals surface area (Å²) in [5, 5.41) is 4.54. The molecule has 0 saturated heterocycles. The number of carbonyl (C=O) groups excluding carboxylic acids is 1. The van der Waals surface area contributed by atoms with Crippen LogP contribution >= 0.6 is 0 Å². The van der Waals surface area contributed by atoms with Gasteiger partial charge >= 0.3 is 5.97 Å². The molecule has 0 unspecified atom stereocenters. The number of hydrogen-bond donors (Lipinski definition) is 0. The minimum atomic E-state index is -0.466. The highest BCUT2D eigenvalue weighted by atomic mass is 16.6. The van der Waals surface area contributed by atoms with Gasteiger partial charge in [0.1, 0.15) is 17.4 Å². The lowest BCUT2D eigenvalue weighted by Crippen LogP contribution is -2.15. The normalized spacial score (nSPS) is 10.6. The van der Waals surface area contributed by atoms with Gasteiger partial charge in [0.2, 0.25) is 5.88 Å². The summed E-state index contributed by atoms with van der Waals surface area (Å²) in [7, 11) is 0. The fourth-order valence-electron chi connectivity index (χ4n) is 1.99. The predicted octanol–water partition coefficient (Wildman–Crippen LogP) is 2.23. The van der Waals surface area contributed by atoms with Gasteiger partial charge in [0.25, 0.3) is 5.71 Å². The van der Waals surface area contributed by atoms with Crippen molar-refractivity contribution in [1.82, 2.24) is 15.1 Å². The zero-order chi connectivity index (χ0) is 15.4. The number of ether oxygens (including phenoxy) is 2. The molecule has 2 aromatic heterocycles. The first-order chi connectivity index (χ1) is 10.8. The lowest BCUT2D eigenvalue weighted by Gasteiger charge is -2.05. The number of nitrogens with zero attached hydrogens (tertiary/aromatic N) is 3. The molecule has 0 bridgehead atoms. The summed E-state index contributed by atoms with van der Waals surface area (Å²) in [5.41, 5.74) is 1.71. The minimum absolute atomic E-state index is 0.234. The third-order valence-electron chi connectivity index (χ3n) is 2.92. The van der Waals surface area contributed by atoms with E-state index >= 15 is 0 Å². The van der Waals surface area contributed by atoms with E-state index in [1.165, 1.54) is 6.33 Å². The third kappa shape index (κ3) is 2.73. The maximum absolute atomic E-state index is 11.4. The molecule has 2 heterocycles. The molecule has 0 saturated carbocycles. The Morgan fingerprint density at radius 3 is 2.82 bits per heavy atom. The molecule has 0 aliphatic rings. The highest BCUT2D eigenvalue weighted by Gasteiger charge is 2.18. The summed E-state index contributed by atoms with van der Waals surface area (Å²) in [5.74, 6) is -0.231. The molecule has 3 rings (SSSR count). The van der Waals surface area contributed by atoms with E-state index in [-0.39, 0.29) is 12.5 Å². The van der Waals surface area contributed by atoms with E-state index in [9.17, 15) is 4.79 Å². The summed E-state index contributed by atoms with van der Waals surface area (Å²) in [6, 6.07) is 9.46. The fraction of sp³-hybridized carbons (Fsp3) is 0.200. The second-order valence-electron chi connectivity index (χ2n) is 4.35. The zero-order valence-electron chi connectivity index (χ0n) is 11.9. The number of esters is 1. The van der Waals surface area contributed by atoms with Gasteiger partial charge in [-0.3, -0.25) is 0 Å². The van der Waals surface area contributed by atoms with Crippen LogP contribution in [0, 0.1) is 0 Å². The molecule has 0 amide bonds. The number of hydrogen-bond acceptors (Lipinski definition) is 7. The number of fused-ring (bicyclic) bond motifs is 1. The Morgan fingerprint density at radius 2 is 2.05 bits per heavy atom. The van der Waals surface area contributed by atoms with Gasteiger partial charge in [-0.15, -0.1) is 0 Å².